The minimum Gasteiger partial charge on any atom is -0.480 e. The van der Waals surface area contributed by atoms with Crippen molar-refractivity contribution in [3.8, 4) is 0 Å². The third kappa shape index (κ3) is 3.90. The zero-order chi connectivity index (χ0) is 15.2. The van der Waals surface area contributed by atoms with E-state index in [0.29, 0.717) is 17.8 Å². The number of nitrogens with one attached hydrogen (secondary N) is 2. The molecule has 0 saturated heterocycles. The lowest BCUT2D eigenvalue weighted by molar-refractivity contribution is -0.139. The van der Waals surface area contributed by atoms with Gasteiger partial charge in [0.05, 0.1) is 6.33 Å². The normalized spacial score (nSPS) is 11.9. The van der Waals surface area contributed by atoms with Gasteiger partial charge in [-0.25, -0.2) is 9.78 Å². The first-order valence-corrected chi connectivity index (χ1v) is 6.40. The second-order valence-electron chi connectivity index (χ2n) is 4.55. The van der Waals surface area contributed by atoms with Gasteiger partial charge in [0.15, 0.2) is 0 Å². The van der Waals surface area contributed by atoms with E-state index >= 15 is 0 Å². The number of hydrogen-bond acceptors (Lipinski definition) is 4. The van der Waals surface area contributed by atoms with E-state index in [4.69, 9.17) is 5.73 Å². The summed E-state index contributed by atoms with van der Waals surface area (Å²) in [5.41, 5.74) is 7.42. The van der Waals surface area contributed by atoms with Gasteiger partial charge in [-0.1, -0.05) is 12.1 Å². The topological polar surface area (TPSA) is 121 Å². The number of amides is 1. The van der Waals surface area contributed by atoms with Gasteiger partial charge in [-0.15, -0.1) is 0 Å². The van der Waals surface area contributed by atoms with E-state index in [-0.39, 0.29) is 6.42 Å². The number of benzene rings is 1. The number of rotatable bonds is 6. The van der Waals surface area contributed by atoms with Crippen molar-refractivity contribution in [3.05, 3.63) is 53.6 Å². The molecule has 1 aromatic carbocycles. The van der Waals surface area contributed by atoms with Crippen LogP contribution in [0.3, 0.4) is 0 Å². The second-order valence-corrected chi connectivity index (χ2v) is 4.55. The number of aromatic amines is 1. The molecule has 0 aliphatic heterocycles. The van der Waals surface area contributed by atoms with Crippen molar-refractivity contribution in [1.29, 1.82) is 0 Å². The number of carbonyl (C=O) groups is 2. The third-order valence-corrected chi connectivity index (χ3v) is 3.03. The Hall–Kier alpha value is -2.67. The van der Waals surface area contributed by atoms with E-state index in [1.165, 1.54) is 12.5 Å². The predicted octanol–water partition coefficient (Wildman–Crippen LogP) is 0.294. The van der Waals surface area contributed by atoms with Gasteiger partial charge in [0.1, 0.15) is 6.04 Å². The van der Waals surface area contributed by atoms with E-state index in [2.05, 4.69) is 15.3 Å². The Balaban J connectivity index is 2.05. The molecular formula is C14H16N4O3. The van der Waals surface area contributed by atoms with E-state index in [1.54, 1.807) is 24.3 Å². The van der Waals surface area contributed by atoms with Crippen LogP contribution in [0.15, 0.2) is 36.8 Å². The van der Waals surface area contributed by atoms with Crippen LogP contribution < -0.4 is 11.1 Å². The van der Waals surface area contributed by atoms with Gasteiger partial charge < -0.3 is 21.1 Å². The summed E-state index contributed by atoms with van der Waals surface area (Å²) in [6.07, 6.45) is 3.13. The number of carbonyl (C=O) groups excluding carboxylic acids is 1. The van der Waals surface area contributed by atoms with Crippen LogP contribution in [-0.2, 0) is 17.8 Å². The summed E-state index contributed by atoms with van der Waals surface area (Å²) in [4.78, 5) is 29.9. The van der Waals surface area contributed by atoms with Gasteiger partial charge >= 0.3 is 5.97 Å². The summed E-state index contributed by atoms with van der Waals surface area (Å²) in [5.74, 6) is -1.54. The molecule has 0 bridgehead atoms. The average Bonchev–Trinajstić information content (AvgIpc) is 2.99. The number of imidazole rings is 1. The molecule has 0 fully saturated rings. The number of hydrogen-bond donors (Lipinski definition) is 4. The molecule has 0 radical (unpaired) electrons. The predicted molar refractivity (Wildman–Crippen MR) is 75.5 cm³/mol. The Morgan fingerprint density at radius 3 is 2.57 bits per heavy atom. The molecule has 5 N–H and O–H groups in total. The van der Waals surface area contributed by atoms with Crippen LogP contribution >= 0.6 is 0 Å². The summed E-state index contributed by atoms with van der Waals surface area (Å²) in [6, 6.07) is 5.69. The number of aromatic nitrogens is 2. The van der Waals surface area contributed by atoms with Crippen LogP contribution in [0.1, 0.15) is 21.6 Å². The summed E-state index contributed by atoms with van der Waals surface area (Å²) >= 11 is 0. The maximum Gasteiger partial charge on any atom is 0.326 e. The smallest absolute Gasteiger partial charge is 0.326 e. The van der Waals surface area contributed by atoms with E-state index < -0.39 is 17.9 Å². The summed E-state index contributed by atoms with van der Waals surface area (Å²) in [6.45, 7) is 0.388. The first-order valence-electron chi connectivity index (χ1n) is 6.40. The molecule has 0 aliphatic rings. The quantitative estimate of drug-likeness (QED) is 0.609. The standard InChI is InChI=1S/C14H16N4O3/c15-6-9-1-3-10(4-2-9)13(19)18-12(14(20)21)5-11-7-16-8-17-11/h1-4,7-8,12H,5-6,15H2,(H,16,17)(H,18,19)(H,20,21)/t12-/m1/s1. The van der Waals surface area contributed by atoms with Crippen molar-refractivity contribution in [1.82, 2.24) is 15.3 Å². The van der Waals surface area contributed by atoms with Crippen LogP contribution in [0, 0.1) is 0 Å². The molecule has 2 rings (SSSR count). The molecule has 21 heavy (non-hydrogen) atoms. The van der Waals surface area contributed by atoms with Gasteiger partial charge in [0, 0.05) is 30.4 Å². The van der Waals surface area contributed by atoms with Crippen molar-refractivity contribution in [2.75, 3.05) is 0 Å². The Morgan fingerprint density at radius 1 is 1.33 bits per heavy atom. The Labute approximate surface area is 121 Å². The van der Waals surface area contributed by atoms with Crippen LogP contribution in [0.4, 0.5) is 0 Å². The van der Waals surface area contributed by atoms with Gasteiger partial charge in [0.2, 0.25) is 0 Å². The lowest BCUT2D eigenvalue weighted by atomic mass is 10.1. The fourth-order valence-electron chi connectivity index (χ4n) is 1.85. The molecular weight excluding hydrogens is 272 g/mol. The largest absolute Gasteiger partial charge is 0.480 e. The number of carboxylic acid groups (broad SMARTS) is 1. The minimum atomic E-state index is -1.10. The van der Waals surface area contributed by atoms with Gasteiger partial charge in [-0.2, -0.15) is 0 Å². The maximum absolute atomic E-state index is 12.1. The zero-order valence-electron chi connectivity index (χ0n) is 11.2. The molecule has 1 atom stereocenters. The molecule has 7 nitrogen and oxygen atoms in total. The van der Waals surface area contributed by atoms with Crippen molar-refractivity contribution < 1.29 is 14.7 Å². The Kier molecular flexibility index (Phi) is 4.68. The molecule has 1 aromatic heterocycles. The first-order chi connectivity index (χ1) is 10.1. The first kappa shape index (κ1) is 14.7. The fraction of sp³-hybridized carbons (Fsp3) is 0.214. The van der Waals surface area contributed by atoms with Gasteiger partial charge in [-0.05, 0) is 17.7 Å². The monoisotopic (exact) mass is 288 g/mol. The highest BCUT2D eigenvalue weighted by Gasteiger charge is 2.21. The van der Waals surface area contributed by atoms with Crippen molar-refractivity contribution in [2.45, 2.75) is 19.0 Å². The molecule has 1 heterocycles. The highest BCUT2D eigenvalue weighted by molar-refractivity contribution is 5.96. The highest BCUT2D eigenvalue weighted by atomic mass is 16.4. The number of carboxylic acids is 1. The van der Waals surface area contributed by atoms with Crippen LogP contribution in [0.2, 0.25) is 0 Å². The van der Waals surface area contributed by atoms with Gasteiger partial charge in [0.25, 0.3) is 5.91 Å². The molecule has 2 aromatic rings. The third-order valence-electron chi connectivity index (χ3n) is 3.03. The number of H-pyrrole nitrogens is 1. The zero-order valence-corrected chi connectivity index (χ0v) is 11.2. The van der Waals surface area contributed by atoms with Crippen LogP contribution in [-0.4, -0.2) is 33.0 Å². The molecule has 0 unspecified atom stereocenters. The summed E-state index contributed by atoms with van der Waals surface area (Å²) in [7, 11) is 0. The fourth-order valence-corrected chi connectivity index (χ4v) is 1.85. The molecule has 110 valence electrons. The molecule has 0 spiro atoms. The second kappa shape index (κ2) is 6.67. The molecule has 0 saturated carbocycles. The number of nitrogens with zero attached hydrogens (tertiary/aromatic N) is 1. The van der Waals surface area contributed by atoms with Gasteiger partial charge in [-0.3, -0.25) is 4.79 Å². The number of nitrogens with two attached hydrogens (primary N) is 1. The van der Waals surface area contributed by atoms with Crippen LogP contribution in [0.5, 0.6) is 0 Å². The Bertz CT molecular complexity index is 608. The molecule has 1 amide bonds. The SMILES string of the molecule is NCc1ccc(C(=O)N[C@H](Cc2cnc[nH]2)C(=O)O)cc1. The summed E-state index contributed by atoms with van der Waals surface area (Å²) < 4.78 is 0. The highest BCUT2D eigenvalue weighted by Crippen LogP contribution is 2.05. The van der Waals surface area contributed by atoms with Crippen molar-refractivity contribution >= 4 is 11.9 Å². The minimum absolute atomic E-state index is 0.141. The summed E-state index contributed by atoms with van der Waals surface area (Å²) in [5, 5.41) is 11.7. The molecule has 7 heteroatoms. The van der Waals surface area contributed by atoms with Crippen molar-refractivity contribution in [3.63, 3.8) is 0 Å². The average molecular weight is 288 g/mol. The lowest BCUT2D eigenvalue weighted by Gasteiger charge is -2.13. The van der Waals surface area contributed by atoms with Crippen LogP contribution in [0.25, 0.3) is 0 Å². The van der Waals surface area contributed by atoms with E-state index in [9.17, 15) is 14.7 Å². The van der Waals surface area contributed by atoms with E-state index in [1.807, 2.05) is 0 Å². The number of aliphatic carboxylic acids is 1. The lowest BCUT2D eigenvalue weighted by Crippen LogP contribution is -2.42. The Morgan fingerprint density at radius 2 is 2.05 bits per heavy atom. The maximum atomic E-state index is 12.1. The van der Waals surface area contributed by atoms with Crippen molar-refractivity contribution in [2.24, 2.45) is 5.73 Å². The van der Waals surface area contributed by atoms with E-state index in [0.717, 1.165) is 5.56 Å². The molecule has 0 aliphatic carbocycles.